The summed E-state index contributed by atoms with van der Waals surface area (Å²) < 4.78 is 0. The summed E-state index contributed by atoms with van der Waals surface area (Å²) in [6.45, 7) is 6.37. The molecular formula is C12H20N2O2. The van der Waals surface area contributed by atoms with Crippen LogP contribution in [0.2, 0.25) is 0 Å². The second-order valence-electron chi connectivity index (χ2n) is 5.49. The maximum atomic E-state index is 12.2. The van der Waals surface area contributed by atoms with Gasteiger partial charge in [-0.05, 0) is 24.7 Å². The third kappa shape index (κ3) is 1.93. The first-order valence-corrected chi connectivity index (χ1v) is 6.09. The van der Waals surface area contributed by atoms with Crippen LogP contribution >= 0.6 is 0 Å². The average molecular weight is 224 g/mol. The Labute approximate surface area is 96.4 Å². The fourth-order valence-electron chi connectivity index (χ4n) is 2.57. The van der Waals surface area contributed by atoms with Gasteiger partial charge in [0, 0.05) is 6.04 Å². The second-order valence-corrected chi connectivity index (χ2v) is 5.49. The highest BCUT2D eigenvalue weighted by atomic mass is 16.2. The molecule has 0 aromatic heterocycles. The molecule has 1 N–H and O–H groups in total. The molecule has 1 saturated heterocycles. The highest BCUT2D eigenvalue weighted by molar-refractivity contribution is 5.95. The van der Waals surface area contributed by atoms with Crippen LogP contribution in [0.15, 0.2) is 0 Å². The normalized spacial score (nSPS) is 35.0. The van der Waals surface area contributed by atoms with Crippen molar-refractivity contribution in [1.82, 2.24) is 10.2 Å². The largest absolute Gasteiger partial charge is 0.343 e. The minimum absolute atomic E-state index is 0.0159. The first kappa shape index (κ1) is 11.4. The number of amides is 2. The fraction of sp³-hybridized carbons (Fsp3) is 0.833. The highest BCUT2D eigenvalue weighted by Gasteiger charge is 2.41. The van der Waals surface area contributed by atoms with Crippen molar-refractivity contribution in [3.05, 3.63) is 0 Å². The van der Waals surface area contributed by atoms with Crippen LogP contribution in [0.3, 0.4) is 0 Å². The molecule has 2 fully saturated rings. The van der Waals surface area contributed by atoms with E-state index in [4.69, 9.17) is 0 Å². The lowest BCUT2D eigenvalue weighted by atomic mass is 9.80. The molecule has 1 aliphatic heterocycles. The number of piperazine rings is 1. The monoisotopic (exact) mass is 224 g/mol. The zero-order valence-corrected chi connectivity index (χ0v) is 10.2. The topological polar surface area (TPSA) is 49.4 Å². The van der Waals surface area contributed by atoms with Crippen LogP contribution in [0, 0.1) is 11.8 Å². The van der Waals surface area contributed by atoms with E-state index >= 15 is 0 Å². The Hall–Kier alpha value is -1.06. The van der Waals surface area contributed by atoms with E-state index in [1.165, 1.54) is 0 Å². The summed E-state index contributed by atoms with van der Waals surface area (Å²) in [5.41, 5.74) is 0. The van der Waals surface area contributed by atoms with Crippen LogP contribution in [0.5, 0.6) is 0 Å². The van der Waals surface area contributed by atoms with Gasteiger partial charge < -0.3 is 10.2 Å². The van der Waals surface area contributed by atoms with Crippen molar-refractivity contribution in [1.29, 1.82) is 0 Å². The molecule has 16 heavy (non-hydrogen) atoms. The molecule has 1 unspecified atom stereocenters. The lowest BCUT2D eigenvalue weighted by molar-refractivity contribution is -0.150. The van der Waals surface area contributed by atoms with Gasteiger partial charge >= 0.3 is 0 Å². The fourth-order valence-corrected chi connectivity index (χ4v) is 2.57. The molecule has 1 saturated carbocycles. The van der Waals surface area contributed by atoms with Gasteiger partial charge in [-0.1, -0.05) is 20.8 Å². The molecule has 2 amide bonds. The van der Waals surface area contributed by atoms with Crippen molar-refractivity contribution in [3.8, 4) is 0 Å². The molecule has 0 aromatic rings. The summed E-state index contributed by atoms with van der Waals surface area (Å²) in [6, 6.07) is -0.0213. The van der Waals surface area contributed by atoms with Crippen molar-refractivity contribution < 1.29 is 9.59 Å². The third-order valence-corrected chi connectivity index (χ3v) is 3.64. The minimum Gasteiger partial charge on any atom is -0.343 e. The van der Waals surface area contributed by atoms with E-state index in [0.29, 0.717) is 12.0 Å². The Bertz CT molecular complexity index is 308. The van der Waals surface area contributed by atoms with E-state index in [1.54, 1.807) is 4.90 Å². The Morgan fingerprint density at radius 3 is 2.44 bits per heavy atom. The van der Waals surface area contributed by atoms with E-state index in [2.05, 4.69) is 12.2 Å². The lowest BCUT2D eigenvalue weighted by Gasteiger charge is -2.45. The molecule has 2 rings (SSSR count). The van der Waals surface area contributed by atoms with Crippen molar-refractivity contribution in [2.45, 2.75) is 45.7 Å². The van der Waals surface area contributed by atoms with Gasteiger partial charge in [0.25, 0.3) is 0 Å². The molecule has 2 aliphatic rings. The summed E-state index contributed by atoms with van der Waals surface area (Å²) in [7, 11) is 0. The first-order valence-electron chi connectivity index (χ1n) is 6.09. The number of nitrogens with one attached hydrogen (secondary N) is 1. The van der Waals surface area contributed by atoms with Crippen LogP contribution in [-0.4, -0.2) is 35.3 Å². The van der Waals surface area contributed by atoms with Gasteiger partial charge in [-0.15, -0.1) is 0 Å². The number of carbonyl (C=O) groups is 2. The summed E-state index contributed by atoms with van der Waals surface area (Å²) in [5, 5.41) is 2.78. The van der Waals surface area contributed by atoms with Gasteiger partial charge in [0.1, 0.15) is 6.04 Å². The predicted octanol–water partition coefficient (Wildman–Crippen LogP) is 0.768. The van der Waals surface area contributed by atoms with Crippen LogP contribution in [0.1, 0.15) is 33.6 Å². The molecule has 1 heterocycles. The molecule has 0 bridgehead atoms. The second kappa shape index (κ2) is 4.07. The smallest absolute Gasteiger partial charge is 0.246 e. The van der Waals surface area contributed by atoms with Crippen LogP contribution < -0.4 is 5.32 Å². The SMILES string of the molecule is CC1CC(N2CC(=O)NC(C(C)C)C2=O)C1. The number of hydrogen-bond donors (Lipinski definition) is 1. The molecular weight excluding hydrogens is 204 g/mol. The van der Waals surface area contributed by atoms with Gasteiger partial charge in [0.05, 0.1) is 6.54 Å². The Morgan fingerprint density at radius 1 is 1.31 bits per heavy atom. The zero-order valence-electron chi connectivity index (χ0n) is 10.2. The van der Waals surface area contributed by atoms with Crippen molar-refractivity contribution in [3.63, 3.8) is 0 Å². The van der Waals surface area contributed by atoms with E-state index < -0.39 is 0 Å². The van der Waals surface area contributed by atoms with Crippen LogP contribution in [0.4, 0.5) is 0 Å². The third-order valence-electron chi connectivity index (χ3n) is 3.64. The van der Waals surface area contributed by atoms with Crippen molar-refractivity contribution >= 4 is 11.8 Å². The van der Waals surface area contributed by atoms with Gasteiger partial charge in [0.2, 0.25) is 11.8 Å². The molecule has 1 aliphatic carbocycles. The maximum Gasteiger partial charge on any atom is 0.246 e. The summed E-state index contributed by atoms with van der Waals surface area (Å²) in [6.07, 6.45) is 2.09. The first-order chi connectivity index (χ1) is 7.49. The zero-order chi connectivity index (χ0) is 11.9. The number of carbonyl (C=O) groups excluding carboxylic acids is 2. The van der Waals surface area contributed by atoms with E-state index in [9.17, 15) is 9.59 Å². The predicted molar refractivity (Wildman–Crippen MR) is 60.7 cm³/mol. The van der Waals surface area contributed by atoms with Gasteiger partial charge in [-0.3, -0.25) is 9.59 Å². The lowest BCUT2D eigenvalue weighted by Crippen LogP contribution is -2.63. The maximum absolute atomic E-state index is 12.2. The number of nitrogens with zero attached hydrogens (tertiary/aromatic N) is 1. The molecule has 0 spiro atoms. The molecule has 0 radical (unpaired) electrons. The molecule has 0 aromatic carbocycles. The van der Waals surface area contributed by atoms with Crippen molar-refractivity contribution in [2.24, 2.45) is 11.8 Å². The van der Waals surface area contributed by atoms with Crippen molar-refractivity contribution in [2.75, 3.05) is 6.54 Å². The molecule has 4 heteroatoms. The number of rotatable bonds is 2. The van der Waals surface area contributed by atoms with E-state index in [1.807, 2.05) is 13.8 Å². The molecule has 4 nitrogen and oxygen atoms in total. The molecule has 1 atom stereocenters. The van der Waals surface area contributed by atoms with Gasteiger partial charge in [0.15, 0.2) is 0 Å². The quantitative estimate of drug-likeness (QED) is 0.753. The highest BCUT2D eigenvalue weighted by Crippen LogP contribution is 2.32. The van der Waals surface area contributed by atoms with Gasteiger partial charge in [-0.25, -0.2) is 0 Å². The number of hydrogen-bond acceptors (Lipinski definition) is 2. The Morgan fingerprint density at radius 2 is 1.94 bits per heavy atom. The standard InChI is InChI=1S/C12H20N2O2/c1-7(2)11-12(16)14(6-10(15)13-11)9-4-8(3)5-9/h7-9,11H,4-6H2,1-3H3,(H,13,15). The van der Waals surface area contributed by atoms with E-state index in [-0.39, 0.29) is 30.3 Å². The summed E-state index contributed by atoms with van der Waals surface area (Å²) >= 11 is 0. The van der Waals surface area contributed by atoms with Crippen LogP contribution in [-0.2, 0) is 9.59 Å². The van der Waals surface area contributed by atoms with E-state index in [0.717, 1.165) is 12.8 Å². The van der Waals surface area contributed by atoms with Gasteiger partial charge in [-0.2, -0.15) is 0 Å². The average Bonchev–Trinajstić information content (AvgIpc) is 2.16. The van der Waals surface area contributed by atoms with Crippen LogP contribution in [0.25, 0.3) is 0 Å². The Balaban J connectivity index is 2.07. The Kier molecular flexibility index (Phi) is 2.91. The summed E-state index contributed by atoms with van der Waals surface area (Å²) in [4.78, 5) is 25.5. The minimum atomic E-state index is -0.322. The summed E-state index contributed by atoms with van der Waals surface area (Å²) in [5.74, 6) is 0.946. The molecule has 90 valence electrons.